The van der Waals surface area contributed by atoms with Gasteiger partial charge in [-0.05, 0) is 47.1 Å². The Bertz CT molecular complexity index is 235. The topological polar surface area (TPSA) is 21.3 Å². The van der Waals surface area contributed by atoms with Gasteiger partial charge < -0.3 is 10.1 Å². The van der Waals surface area contributed by atoms with Gasteiger partial charge in [-0.25, -0.2) is 0 Å². The molecule has 0 aromatic heterocycles. The summed E-state index contributed by atoms with van der Waals surface area (Å²) >= 11 is 0. The second kappa shape index (κ2) is 13.8. The van der Waals surface area contributed by atoms with Gasteiger partial charge in [0, 0.05) is 6.04 Å². The molecule has 2 nitrogen and oxygen atoms in total. The Kier molecular flexibility index (Phi) is 13.4. The van der Waals surface area contributed by atoms with Crippen molar-refractivity contribution in [3.05, 3.63) is 24.3 Å². The van der Waals surface area contributed by atoms with Gasteiger partial charge in [0.15, 0.2) is 0 Å². The molecule has 0 saturated heterocycles. The SMILES string of the molecule is C/C=C\C=C/CCO[C@H](C)CCCCC[C@@H](C)NC. The summed E-state index contributed by atoms with van der Waals surface area (Å²) in [7, 11) is 2.03. The standard InChI is InChI=1S/C17H33NO/c1-5-6-7-8-12-15-19-17(3)14-11-9-10-13-16(2)18-4/h5-8,16-18H,9-15H2,1-4H3/b6-5-,8-7-/t16-,17-/m1/s1. The lowest BCUT2D eigenvalue weighted by Gasteiger charge is -2.13. The highest BCUT2D eigenvalue weighted by molar-refractivity contribution is 5.00. The van der Waals surface area contributed by atoms with Crippen LogP contribution in [0.1, 0.15) is 59.3 Å². The summed E-state index contributed by atoms with van der Waals surface area (Å²) in [5, 5.41) is 3.28. The van der Waals surface area contributed by atoms with Crippen molar-refractivity contribution < 1.29 is 4.74 Å². The molecule has 2 heteroatoms. The first-order valence-electron chi connectivity index (χ1n) is 7.77. The van der Waals surface area contributed by atoms with Crippen LogP contribution in [-0.4, -0.2) is 25.8 Å². The molecule has 0 aliphatic heterocycles. The summed E-state index contributed by atoms with van der Waals surface area (Å²) in [4.78, 5) is 0. The van der Waals surface area contributed by atoms with E-state index >= 15 is 0 Å². The lowest BCUT2D eigenvalue weighted by molar-refractivity contribution is 0.0617. The van der Waals surface area contributed by atoms with Crippen LogP contribution >= 0.6 is 0 Å². The second-order valence-corrected chi connectivity index (χ2v) is 5.25. The van der Waals surface area contributed by atoms with E-state index in [1.54, 1.807) is 0 Å². The van der Waals surface area contributed by atoms with Gasteiger partial charge in [0.05, 0.1) is 12.7 Å². The number of hydrogen-bond donors (Lipinski definition) is 1. The highest BCUT2D eigenvalue weighted by Crippen LogP contribution is 2.09. The van der Waals surface area contributed by atoms with Crippen LogP contribution in [0.4, 0.5) is 0 Å². The Labute approximate surface area is 120 Å². The van der Waals surface area contributed by atoms with Crippen LogP contribution in [0.25, 0.3) is 0 Å². The molecule has 2 atom stereocenters. The van der Waals surface area contributed by atoms with E-state index in [0.717, 1.165) is 13.0 Å². The van der Waals surface area contributed by atoms with Gasteiger partial charge in [-0.2, -0.15) is 0 Å². The Morgan fingerprint density at radius 2 is 1.79 bits per heavy atom. The summed E-state index contributed by atoms with van der Waals surface area (Å²) in [6.07, 6.45) is 16.1. The third-order valence-corrected chi connectivity index (χ3v) is 3.37. The smallest absolute Gasteiger partial charge is 0.0547 e. The van der Waals surface area contributed by atoms with E-state index in [1.807, 2.05) is 20.0 Å². The number of allylic oxidation sites excluding steroid dienone is 3. The van der Waals surface area contributed by atoms with Gasteiger partial charge in [-0.1, -0.05) is 43.6 Å². The van der Waals surface area contributed by atoms with Gasteiger partial charge in [0.25, 0.3) is 0 Å². The van der Waals surface area contributed by atoms with E-state index in [1.165, 1.54) is 32.1 Å². The molecule has 0 amide bonds. The van der Waals surface area contributed by atoms with Crippen LogP contribution in [0.2, 0.25) is 0 Å². The van der Waals surface area contributed by atoms with Crippen molar-refractivity contribution in [3.63, 3.8) is 0 Å². The molecule has 1 N–H and O–H groups in total. The van der Waals surface area contributed by atoms with Gasteiger partial charge in [-0.3, -0.25) is 0 Å². The molecular weight excluding hydrogens is 234 g/mol. The van der Waals surface area contributed by atoms with Crippen LogP contribution in [-0.2, 0) is 4.74 Å². The van der Waals surface area contributed by atoms with Crippen molar-refractivity contribution >= 4 is 0 Å². The molecule has 0 aromatic rings. The average Bonchev–Trinajstić information content (AvgIpc) is 2.42. The molecule has 0 bridgehead atoms. The first-order chi connectivity index (χ1) is 9.20. The minimum atomic E-state index is 0.400. The Morgan fingerprint density at radius 1 is 1.05 bits per heavy atom. The maximum atomic E-state index is 5.78. The van der Waals surface area contributed by atoms with Crippen molar-refractivity contribution in [2.45, 2.75) is 71.4 Å². The van der Waals surface area contributed by atoms with Crippen molar-refractivity contribution in [1.29, 1.82) is 0 Å². The fraction of sp³-hybridized carbons (Fsp3) is 0.765. The summed E-state index contributed by atoms with van der Waals surface area (Å²) in [6, 6.07) is 0.651. The van der Waals surface area contributed by atoms with Gasteiger partial charge in [0.1, 0.15) is 0 Å². The maximum Gasteiger partial charge on any atom is 0.0547 e. The fourth-order valence-electron chi connectivity index (χ4n) is 1.91. The van der Waals surface area contributed by atoms with Crippen LogP contribution in [0.3, 0.4) is 0 Å². The Morgan fingerprint density at radius 3 is 2.47 bits per heavy atom. The van der Waals surface area contributed by atoms with E-state index < -0.39 is 0 Å². The highest BCUT2D eigenvalue weighted by atomic mass is 16.5. The normalized spacial score (nSPS) is 15.4. The predicted octanol–water partition coefficient (Wildman–Crippen LogP) is 4.47. The second-order valence-electron chi connectivity index (χ2n) is 5.25. The minimum Gasteiger partial charge on any atom is -0.378 e. The minimum absolute atomic E-state index is 0.400. The molecule has 0 unspecified atom stereocenters. The highest BCUT2D eigenvalue weighted by Gasteiger charge is 2.02. The predicted molar refractivity (Wildman–Crippen MR) is 85.6 cm³/mol. The first-order valence-corrected chi connectivity index (χ1v) is 7.77. The van der Waals surface area contributed by atoms with Crippen LogP contribution in [0, 0.1) is 0 Å². The van der Waals surface area contributed by atoms with E-state index in [9.17, 15) is 0 Å². The summed E-state index contributed by atoms with van der Waals surface area (Å²) in [6.45, 7) is 7.30. The van der Waals surface area contributed by atoms with Crippen LogP contribution < -0.4 is 5.32 Å². The van der Waals surface area contributed by atoms with Gasteiger partial charge in [-0.15, -0.1) is 0 Å². The molecule has 0 aromatic carbocycles. The third kappa shape index (κ3) is 13.6. The monoisotopic (exact) mass is 267 g/mol. The molecule has 0 saturated carbocycles. The first kappa shape index (κ1) is 18.4. The Balaban J connectivity index is 3.32. The zero-order valence-corrected chi connectivity index (χ0v) is 13.3. The van der Waals surface area contributed by atoms with Gasteiger partial charge >= 0.3 is 0 Å². The van der Waals surface area contributed by atoms with E-state index in [0.29, 0.717) is 12.1 Å². The molecular formula is C17H33NO. The molecule has 0 rings (SSSR count). The fourth-order valence-corrected chi connectivity index (χ4v) is 1.91. The zero-order chi connectivity index (χ0) is 14.3. The summed E-state index contributed by atoms with van der Waals surface area (Å²) < 4.78 is 5.78. The quantitative estimate of drug-likeness (QED) is 0.416. The molecule has 112 valence electrons. The molecule has 0 aliphatic carbocycles. The number of rotatable bonds is 12. The maximum absolute atomic E-state index is 5.78. The number of hydrogen-bond acceptors (Lipinski definition) is 2. The van der Waals surface area contributed by atoms with Crippen molar-refractivity contribution in [1.82, 2.24) is 5.32 Å². The lowest BCUT2D eigenvalue weighted by Crippen LogP contribution is -2.20. The molecule has 0 aliphatic rings. The van der Waals surface area contributed by atoms with Crippen molar-refractivity contribution in [2.24, 2.45) is 0 Å². The van der Waals surface area contributed by atoms with Gasteiger partial charge in [0.2, 0.25) is 0 Å². The van der Waals surface area contributed by atoms with E-state index in [-0.39, 0.29) is 0 Å². The number of unbranched alkanes of at least 4 members (excludes halogenated alkanes) is 2. The summed E-state index contributed by atoms with van der Waals surface area (Å²) in [5.74, 6) is 0. The van der Waals surface area contributed by atoms with E-state index in [4.69, 9.17) is 4.74 Å². The van der Waals surface area contributed by atoms with Crippen LogP contribution in [0.5, 0.6) is 0 Å². The molecule has 19 heavy (non-hydrogen) atoms. The van der Waals surface area contributed by atoms with Crippen molar-refractivity contribution in [2.75, 3.05) is 13.7 Å². The molecule has 0 radical (unpaired) electrons. The Hall–Kier alpha value is -0.600. The van der Waals surface area contributed by atoms with E-state index in [2.05, 4.69) is 37.4 Å². The largest absolute Gasteiger partial charge is 0.378 e. The summed E-state index contributed by atoms with van der Waals surface area (Å²) in [5.41, 5.74) is 0. The average molecular weight is 267 g/mol. The molecule has 0 fully saturated rings. The zero-order valence-electron chi connectivity index (χ0n) is 13.3. The third-order valence-electron chi connectivity index (χ3n) is 3.37. The number of nitrogens with one attached hydrogen (secondary N) is 1. The lowest BCUT2D eigenvalue weighted by atomic mass is 10.1. The molecule has 0 heterocycles. The van der Waals surface area contributed by atoms with Crippen molar-refractivity contribution in [3.8, 4) is 0 Å². The molecule has 0 spiro atoms. The number of ether oxygens (including phenoxy) is 1. The van der Waals surface area contributed by atoms with Crippen LogP contribution in [0.15, 0.2) is 24.3 Å².